The number of thiol groups is 1. The van der Waals surface area contributed by atoms with Crippen molar-refractivity contribution in [1.29, 1.82) is 0 Å². The molecule has 0 saturated carbocycles. The summed E-state index contributed by atoms with van der Waals surface area (Å²) in [6, 6.07) is 27.0. The van der Waals surface area contributed by atoms with E-state index >= 15 is 0 Å². The van der Waals surface area contributed by atoms with Crippen LogP contribution in [0.5, 0.6) is 0 Å². The van der Waals surface area contributed by atoms with Crippen molar-refractivity contribution in [1.82, 2.24) is 5.32 Å². The molecule has 0 aliphatic carbocycles. The Labute approximate surface area is 257 Å². The first kappa shape index (κ1) is 32.4. The van der Waals surface area contributed by atoms with Gasteiger partial charge >= 0.3 is 0 Å². The molecule has 0 fully saturated rings. The number of benzene rings is 3. The Morgan fingerprint density at radius 2 is 1.49 bits per heavy atom. The molecule has 3 rings (SSSR count). The first-order valence-corrected chi connectivity index (χ1v) is 15.2. The van der Waals surface area contributed by atoms with E-state index < -0.39 is 0 Å². The molecule has 2 atom stereocenters. The highest BCUT2D eigenvalue weighted by Crippen LogP contribution is 2.34. The molecule has 0 spiro atoms. The zero-order valence-electron chi connectivity index (χ0n) is 24.7. The summed E-state index contributed by atoms with van der Waals surface area (Å²) in [7, 11) is 0. The molecule has 5 heteroatoms. The molecule has 0 amide bonds. The number of hydrogen-bond donors (Lipinski definition) is 3. The quantitative estimate of drug-likeness (QED) is 0.0576. The number of halogens is 1. The van der Waals surface area contributed by atoms with Crippen LogP contribution in [0.15, 0.2) is 108 Å². The highest BCUT2D eigenvalue weighted by molar-refractivity contribution is 7.84. The zero-order valence-corrected chi connectivity index (χ0v) is 26.4. The molecule has 0 radical (unpaired) electrons. The molecular formula is C36H43FN2S2. The Balaban J connectivity index is 2.08. The fourth-order valence-electron chi connectivity index (χ4n) is 5.05. The Morgan fingerprint density at radius 1 is 0.878 bits per heavy atom. The van der Waals surface area contributed by atoms with Gasteiger partial charge in [0.1, 0.15) is 10.8 Å². The van der Waals surface area contributed by atoms with Crippen LogP contribution in [0, 0.1) is 23.6 Å². The predicted octanol–water partition coefficient (Wildman–Crippen LogP) is 10.2. The molecule has 2 N–H and O–H groups in total. The average Bonchev–Trinajstić information content (AvgIpc) is 2.92. The standard InChI is InChI=1S/C36H43FN2S2/c1-25(2)22-33(36(41)39-32-14-10-7-11-15-32)34(29-12-8-6-9-13-29)35(30-16-18-31(37)19-17-30)38-21-20-26(3)23-27(4)24-28(5)40/h6-19,22,25-27,38,40H,5,20-21,23-24H2,1-4H3,(H,39,41)/b33-22-,35-34-. The molecule has 41 heavy (non-hydrogen) atoms. The summed E-state index contributed by atoms with van der Waals surface area (Å²) >= 11 is 10.5. The van der Waals surface area contributed by atoms with Crippen LogP contribution in [-0.2, 0) is 0 Å². The molecule has 0 bridgehead atoms. The fourth-order valence-corrected chi connectivity index (χ4v) is 5.65. The lowest BCUT2D eigenvalue weighted by Crippen LogP contribution is -2.21. The van der Waals surface area contributed by atoms with Crippen LogP contribution in [-0.4, -0.2) is 11.5 Å². The molecule has 0 aliphatic rings. The third kappa shape index (κ3) is 10.6. The van der Waals surface area contributed by atoms with Gasteiger partial charge in [-0.1, -0.05) is 101 Å². The van der Waals surface area contributed by atoms with Gasteiger partial charge < -0.3 is 10.6 Å². The molecule has 3 aromatic carbocycles. The summed E-state index contributed by atoms with van der Waals surface area (Å²) in [5, 5.41) is 7.22. The average molecular weight is 587 g/mol. The van der Waals surface area contributed by atoms with Gasteiger partial charge in [-0.05, 0) is 89.4 Å². The number of allylic oxidation sites excluding steroid dienone is 2. The zero-order chi connectivity index (χ0) is 29.8. The molecule has 216 valence electrons. The summed E-state index contributed by atoms with van der Waals surface area (Å²) < 4.78 is 14.1. The van der Waals surface area contributed by atoms with E-state index in [1.807, 2.05) is 60.7 Å². The van der Waals surface area contributed by atoms with Crippen molar-refractivity contribution in [3.05, 3.63) is 125 Å². The second-order valence-electron chi connectivity index (χ2n) is 11.2. The molecule has 0 saturated heterocycles. The van der Waals surface area contributed by atoms with E-state index in [0.717, 1.165) is 64.4 Å². The maximum Gasteiger partial charge on any atom is 0.123 e. The Bertz CT molecular complexity index is 1330. The van der Waals surface area contributed by atoms with Gasteiger partial charge in [0.2, 0.25) is 0 Å². The Kier molecular flexibility index (Phi) is 12.9. The van der Waals surface area contributed by atoms with Crippen molar-refractivity contribution in [2.45, 2.75) is 47.0 Å². The van der Waals surface area contributed by atoms with Crippen LogP contribution >= 0.6 is 24.8 Å². The van der Waals surface area contributed by atoms with Gasteiger partial charge in [-0.2, -0.15) is 0 Å². The molecule has 0 heterocycles. The third-order valence-corrected chi connectivity index (χ3v) is 7.32. The van der Waals surface area contributed by atoms with Gasteiger partial charge in [0.15, 0.2) is 0 Å². The summed E-state index contributed by atoms with van der Waals surface area (Å²) in [5.74, 6) is 1.04. The van der Waals surface area contributed by atoms with Crippen LogP contribution in [0.3, 0.4) is 0 Å². The van der Waals surface area contributed by atoms with Crippen LogP contribution in [0.25, 0.3) is 11.3 Å². The lowest BCUT2D eigenvalue weighted by atomic mass is 9.90. The highest BCUT2D eigenvalue weighted by atomic mass is 32.1. The van der Waals surface area contributed by atoms with Crippen LogP contribution < -0.4 is 10.6 Å². The van der Waals surface area contributed by atoms with E-state index in [1.165, 1.54) is 12.1 Å². The number of nitrogens with one attached hydrogen (secondary N) is 2. The predicted molar refractivity (Wildman–Crippen MR) is 184 cm³/mol. The molecule has 2 nitrogen and oxygen atoms in total. The minimum absolute atomic E-state index is 0.247. The van der Waals surface area contributed by atoms with Gasteiger partial charge in [0.25, 0.3) is 0 Å². The summed E-state index contributed by atoms with van der Waals surface area (Å²) in [6.45, 7) is 13.6. The fraction of sp³-hybridized carbons (Fsp3) is 0.306. The van der Waals surface area contributed by atoms with E-state index in [2.05, 4.69) is 75.7 Å². The van der Waals surface area contributed by atoms with E-state index in [-0.39, 0.29) is 11.7 Å². The lowest BCUT2D eigenvalue weighted by Gasteiger charge is -2.24. The van der Waals surface area contributed by atoms with Crippen LogP contribution in [0.1, 0.15) is 58.1 Å². The number of thiocarbonyl (C=S) groups is 1. The molecule has 2 unspecified atom stereocenters. The molecule has 3 aromatic rings. The second kappa shape index (κ2) is 16.3. The van der Waals surface area contributed by atoms with E-state index in [9.17, 15) is 4.39 Å². The first-order chi connectivity index (χ1) is 19.6. The molecule has 0 aromatic heterocycles. The van der Waals surface area contributed by atoms with Gasteiger partial charge in [0, 0.05) is 23.4 Å². The number of hydrogen-bond acceptors (Lipinski definition) is 3. The minimum Gasteiger partial charge on any atom is -0.384 e. The van der Waals surface area contributed by atoms with Gasteiger partial charge in [-0.3, -0.25) is 0 Å². The first-order valence-electron chi connectivity index (χ1n) is 14.4. The van der Waals surface area contributed by atoms with Crippen molar-refractivity contribution in [3.63, 3.8) is 0 Å². The smallest absolute Gasteiger partial charge is 0.123 e. The maximum atomic E-state index is 14.1. The Hall–Kier alpha value is -3.15. The van der Waals surface area contributed by atoms with Crippen molar-refractivity contribution < 1.29 is 4.39 Å². The van der Waals surface area contributed by atoms with E-state index in [4.69, 9.17) is 12.2 Å². The molecule has 0 aliphatic heterocycles. The van der Waals surface area contributed by atoms with E-state index in [0.29, 0.717) is 16.8 Å². The van der Waals surface area contributed by atoms with Crippen molar-refractivity contribution in [2.24, 2.45) is 17.8 Å². The van der Waals surface area contributed by atoms with Gasteiger partial charge in [-0.25, -0.2) is 4.39 Å². The Morgan fingerprint density at radius 3 is 2.07 bits per heavy atom. The van der Waals surface area contributed by atoms with Crippen LogP contribution in [0.4, 0.5) is 10.1 Å². The molecular weight excluding hydrogens is 544 g/mol. The van der Waals surface area contributed by atoms with Crippen molar-refractivity contribution >= 4 is 46.8 Å². The monoisotopic (exact) mass is 586 g/mol. The van der Waals surface area contributed by atoms with E-state index in [1.54, 1.807) is 0 Å². The largest absolute Gasteiger partial charge is 0.384 e. The maximum absolute atomic E-state index is 14.1. The summed E-state index contributed by atoms with van der Waals surface area (Å²) in [5.41, 5.74) is 5.75. The highest BCUT2D eigenvalue weighted by Gasteiger charge is 2.21. The van der Waals surface area contributed by atoms with Gasteiger partial charge in [-0.15, -0.1) is 12.6 Å². The van der Waals surface area contributed by atoms with Crippen LogP contribution in [0.2, 0.25) is 0 Å². The summed E-state index contributed by atoms with van der Waals surface area (Å²) in [6.07, 6.45) is 5.23. The number of para-hydroxylation sites is 1. The minimum atomic E-state index is -0.262. The SMILES string of the molecule is C=C(S)CC(C)CC(C)CCN/C(=C(\C(=C\C(C)C)C(=S)Nc1ccccc1)c1ccccc1)c1ccc(F)cc1. The second-order valence-corrected chi connectivity index (χ2v) is 12.2. The van der Waals surface area contributed by atoms with Crippen molar-refractivity contribution in [2.75, 3.05) is 11.9 Å². The lowest BCUT2D eigenvalue weighted by molar-refractivity contribution is 0.395. The number of anilines is 1. The third-order valence-electron chi connectivity index (χ3n) is 6.82. The number of rotatable bonds is 14. The van der Waals surface area contributed by atoms with Gasteiger partial charge in [0.05, 0.1) is 5.70 Å². The topological polar surface area (TPSA) is 24.1 Å². The summed E-state index contributed by atoms with van der Waals surface area (Å²) in [4.78, 5) is 1.57. The normalized spacial score (nSPS) is 13.8. The van der Waals surface area contributed by atoms with Crippen molar-refractivity contribution in [3.8, 4) is 0 Å².